The SMILES string of the molecule is CCNC(=NCc1ccccc1CN1CCOCC1)NC1CCN(C(=O)C2CCCC2)C1.I. The average Bonchev–Trinajstić information content (AvgIpc) is 3.51. The predicted octanol–water partition coefficient (Wildman–Crippen LogP) is 2.98. The number of nitrogens with zero attached hydrogens (tertiary/aromatic N) is 3. The number of carbonyl (C=O) groups excluding carboxylic acids is 1. The minimum Gasteiger partial charge on any atom is -0.379 e. The lowest BCUT2D eigenvalue weighted by atomic mass is 10.1. The Balaban J connectivity index is 0.00000306. The van der Waals surface area contributed by atoms with Crippen molar-refractivity contribution in [1.82, 2.24) is 20.4 Å². The lowest BCUT2D eigenvalue weighted by molar-refractivity contribution is -0.134. The van der Waals surface area contributed by atoms with Crippen LogP contribution in [0.5, 0.6) is 0 Å². The van der Waals surface area contributed by atoms with Gasteiger partial charge in [0.05, 0.1) is 19.8 Å². The molecule has 1 aromatic rings. The third-order valence-corrected chi connectivity index (χ3v) is 6.91. The Morgan fingerprint density at radius 2 is 1.82 bits per heavy atom. The van der Waals surface area contributed by atoms with Crippen LogP contribution in [0.4, 0.5) is 0 Å². The molecule has 1 unspecified atom stereocenters. The van der Waals surface area contributed by atoms with Crippen molar-refractivity contribution in [1.29, 1.82) is 0 Å². The molecule has 7 nitrogen and oxygen atoms in total. The van der Waals surface area contributed by atoms with E-state index < -0.39 is 0 Å². The van der Waals surface area contributed by atoms with Crippen LogP contribution < -0.4 is 10.6 Å². The normalized spacial score (nSPS) is 22.3. The molecule has 0 radical (unpaired) electrons. The van der Waals surface area contributed by atoms with E-state index in [1.165, 1.54) is 24.0 Å². The molecule has 0 aromatic heterocycles. The second-order valence-electron chi connectivity index (χ2n) is 9.25. The van der Waals surface area contributed by atoms with Gasteiger partial charge in [0, 0.05) is 51.2 Å². The van der Waals surface area contributed by atoms with Crippen LogP contribution in [0, 0.1) is 5.92 Å². The van der Waals surface area contributed by atoms with Gasteiger partial charge in [-0.1, -0.05) is 37.1 Å². The molecule has 3 fully saturated rings. The van der Waals surface area contributed by atoms with Gasteiger partial charge in [0.2, 0.25) is 5.91 Å². The van der Waals surface area contributed by atoms with Gasteiger partial charge in [-0.15, -0.1) is 24.0 Å². The van der Waals surface area contributed by atoms with Crippen molar-refractivity contribution < 1.29 is 9.53 Å². The number of carbonyl (C=O) groups is 1. The number of ether oxygens (including phenoxy) is 1. The van der Waals surface area contributed by atoms with Crippen LogP contribution in [-0.2, 0) is 22.6 Å². The van der Waals surface area contributed by atoms with Gasteiger partial charge in [0.15, 0.2) is 5.96 Å². The van der Waals surface area contributed by atoms with Gasteiger partial charge in [-0.25, -0.2) is 4.99 Å². The summed E-state index contributed by atoms with van der Waals surface area (Å²) in [5.74, 6) is 1.47. The first-order chi connectivity index (χ1) is 15.7. The summed E-state index contributed by atoms with van der Waals surface area (Å²) < 4.78 is 5.48. The minimum absolute atomic E-state index is 0. The van der Waals surface area contributed by atoms with E-state index in [4.69, 9.17) is 9.73 Å². The summed E-state index contributed by atoms with van der Waals surface area (Å²) >= 11 is 0. The topological polar surface area (TPSA) is 69.2 Å². The van der Waals surface area contributed by atoms with Gasteiger partial charge in [0.25, 0.3) is 0 Å². The Morgan fingerprint density at radius 3 is 2.55 bits per heavy atom. The summed E-state index contributed by atoms with van der Waals surface area (Å²) in [4.78, 5) is 22.2. The smallest absolute Gasteiger partial charge is 0.225 e. The Labute approximate surface area is 215 Å². The van der Waals surface area contributed by atoms with Crippen LogP contribution in [-0.4, -0.2) is 73.6 Å². The molecular formula is C25H40IN5O2. The predicted molar refractivity (Wildman–Crippen MR) is 143 cm³/mol. The lowest BCUT2D eigenvalue weighted by Gasteiger charge is -2.27. The first-order valence-electron chi connectivity index (χ1n) is 12.4. The number of likely N-dealkylation sites (tertiary alicyclic amines) is 1. The number of benzene rings is 1. The van der Waals surface area contributed by atoms with E-state index in [-0.39, 0.29) is 35.9 Å². The molecule has 2 N–H and O–H groups in total. The van der Waals surface area contributed by atoms with E-state index in [1.54, 1.807) is 0 Å². The van der Waals surface area contributed by atoms with Crippen molar-refractivity contribution in [3.63, 3.8) is 0 Å². The largest absolute Gasteiger partial charge is 0.379 e. The first kappa shape index (κ1) is 26.2. The molecule has 4 rings (SSSR count). The van der Waals surface area contributed by atoms with E-state index in [0.717, 1.165) is 77.7 Å². The van der Waals surface area contributed by atoms with Gasteiger partial charge in [0.1, 0.15) is 0 Å². The molecule has 1 aliphatic carbocycles. The van der Waals surface area contributed by atoms with E-state index in [0.29, 0.717) is 12.5 Å². The number of guanidine groups is 1. The average molecular weight is 570 g/mol. The second-order valence-corrected chi connectivity index (χ2v) is 9.25. The Kier molecular flexibility index (Phi) is 10.7. The third kappa shape index (κ3) is 7.55. The zero-order chi connectivity index (χ0) is 22.2. The second kappa shape index (κ2) is 13.5. The van der Waals surface area contributed by atoms with E-state index in [2.05, 4.69) is 51.6 Å². The van der Waals surface area contributed by atoms with Crippen molar-refractivity contribution in [3.05, 3.63) is 35.4 Å². The van der Waals surface area contributed by atoms with Gasteiger partial charge in [-0.3, -0.25) is 9.69 Å². The monoisotopic (exact) mass is 569 g/mol. The fourth-order valence-electron chi connectivity index (χ4n) is 5.05. The number of aliphatic imine (C=N–C) groups is 1. The number of nitrogens with one attached hydrogen (secondary N) is 2. The van der Waals surface area contributed by atoms with Crippen molar-refractivity contribution in [2.45, 2.75) is 58.2 Å². The molecule has 2 aliphatic heterocycles. The van der Waals surface area contributed by atoms with Gasteiger partial charge in [-0.2, -0.15) is 0 Å². The van der Waals surface area contributed by atoms with Crippen molar-refractivity contribution in [3.8, 4) is 0 Å². The summed E-state index contributed by atoms with van der Waals surface area (Å²) in [6.07, 6.45) is 5.53. The van der Waals surface area contributed by atoms with E-state index in [9.17, 15) is 4.79 Å². The fourth-order valence-corrected chi connectivity index (χ4v) is 5.05. The molecule has 1 saturated carbocycles. The highest BCUT2D eigenvalue weighted by Crippen LogP contribution is 2.27. The van der Waals surface area contributed by atoms with Crippen LogP contribution in [0.1, 0.15) is 50.2 Å². The van der Waals surface area contributed by atoms with Crippen LogP contribution in [0.3, 0.4) is 0 Å². The van der Waals surface area contributed by atoms with Gasteiger partial charge < -0.3 is 20.3 Å². The Bertz CT molecular complexity index is 778. The van der Waals surface area contributed by atoms with Crippen LogP contribution in [0.15, 0.2) is 29.3 Å². The maximum Gasteiger partial charge on any atom is 0.225 e. The number of rotatable bonds is 7. The molecule has 1 amide bonds. The maximum atomic E-state index is 12.8. The highest BCUT2D eigenvalue weighted by molar-refractivity contribution is 14.0. The van der Waals surface area contributed by atoms with Crippen LogP contribution in [0.25, 0.3) is 0 Å². The van der Waals surface area contributed by atoms with E-state index >= 15 is 0 Å². The quantitative estimate of drug-likeness (QED) is 0.300. The van der Waals surface area contributed by atoms with Crippen molar-refractivity contribution >= 4 is 35.8 Å². The zero-order valence-corrected chi connectivity index (χ0v) is 22.3. The summed E-state index contributed by atoms with van der Waals surface area (Å²) in [6, 6.07) is 8.87. The third-order valence-electron chi connectivity index (χ3n) is 6.91. The lowest BCUT2D eigenvalue weighted by Crippen LogP contribution is -2.45. The van der Waals surface area contributed by atoms with Gasteiger partial charge in [-0.05, 0) is 37.3 Å². The molecule has 2 saturated heterocycles. The highest BCUT2D eigenvalue weighted by Gasteiger charge is 2.32. The Morgan fingerprint density at radius 1 is 1.09 bits per heavy atom. The van der Waals surface area contributed by atoms with Crippen molar-refractivity contribution in [2.24, 2.45) is 10.9 Å². The standard InChI is InChI=1S/C25H39N5O2.HI/c1-2-26-25(28-23-11-12-30(19-23)24(31)20-7-3-4-8-20)27-17-21-9-5-6-10-22(21)18-29-13-15-32-16-14-29;/h5-6,9-10,20,23H,2-4,7-8,11-19H2,1H3,(H2,26,27,28);1H. The molecule has 184 valence electrons. The number of hydrogen-bond donors (Lipinski definition) is 2. The number of halogens is 1. The number of amides is 1. The van der Waals surface area contributed by atoms with Crippen LogP contribution >= 0.6 is 24.0 Å². The number of morpholine rings is 1. The summed E-state index contributed by atoms with van der Waals surface area (Å²) in [6.45, 7) is 9.74. The molecule has 33 heavy (non-hydrogen) atoms. The Hall–Kier alpha value is -1.39. The highest BCUT2D eigenvalue weighted by atomic mass is 127. The molecule has 3 aliphatic rings. The molecule has 1 atom stereocenters. The first-order valence-corrected chi connectivity index (χ1v) is 12.4. The van der Waals surface area contributed by atoms with Gasteiger partial charge >= 0.3 is 0 Å². The molecule has 0 spiro atoms. The molecule has 0 bridgehead atoms. The molecule has 2 heterocycles. The van der Waals surface area contributed by atoms with E-state index in [1.807, 2.05) is 0 Å². The zero-order valence-electron chi connectivity index (χ0n) is 19.9. The summed E-state index contributed by atoms with van der Waals surface area (Å²) in [5, 5.41) is 6.97. The summed E-state index contributed by atoms with van der Waals surface area (Å²) in [5.41, 5.74) is 2.60. The molecule has 1 aromatic carbocycles. The molecular weight excluding hydrogens is 529 g/mol. The fraction of sp³-hybridized carbons (Fsp3) is 0.680. The van der Waals surface area contributed by atoms with Crippen molar-refractivity contribution in [2.75, 3.05) is 45.9 Å². The number of hydrogen-bond acceptors (Lipinski definition) is 4. The molecule has 8 heteroatoms. The maximum absolute atomic E-state index is 12.8. The minimum atomic E-state index is 0. The van der Waals surface area contributed by atoms with Crippen LogP contribution in [0.2, 0.25) is 0 Å². The summed E-state index contributed by atoms with van der Waals surface area (Å²) in [7, 11) is 0.